The number of carbonyl (C=O) groups is 1. The third kappa shape index (κ3) is 8.90. The smallest absolute Gasteiger partial charge is 0.407 e. The number of sulfone groups is 1. The van der Waals surface area contributed by atoms with Crippen LogP contribution in [0.25, 0.3) is 0 Å². The zero-order chi connectivity index (χ0) is 16.1. The normalized spacial score (nSPS) is 23.6. The van der Waals surface area contributed by atoms with Gasteiger partial charge in [0.1, 0.15) is 11.5 Å². The maximum Gasteiger partial charge on any atom is 0.407 e. The van der Waals surface area contributed by atoms with Gasteiger partial charge in [0.2, 0.25) is 0 Å². The van der Waals surface area contributed by atoms with E-state index in [2.05, 4.69) is 5.32 Å². The summed E-state index contributed by atoms with van der Waals surface area (Å²) < 4.78 is 37.7. The van der Waals surface area contributed by atoms with Gasteiger partial charge in [0.25, 0.3) is 0 Å². The highest BCUT2D eigenvalue weighted by Gasteiger charge is 2.25. The molecule has 1 heterocycles. The average Bonchev–Trinajstić information content (AvgIpc) is 2.27. The van der Waals surface area contributed by atoms with Gasteiger partial charge in [-0.15, -0.1) is 0 Å². The Balaban J connectivity index is 2.22. The molecule has 1 amide bonds. The van der Waals surface area contributed by atoms with Crippen molar-refractivity contribution in [3.63, 3.8) is 0 Å². The Morgan fingerprint density at radius 2 is 2.00 bits per heavy atom. The molecule has 1 rings (SSSR count). The maximum atomic E-state index is 11.6. The van der Waals surface area contributed by atoms with Crippen molar-refractivity contribution in [2.24, 2.45) is 0 Å². The van der Waals surface area contributed by atoms with Gasteiger partial charge < -0.3 is 19.5 Å². The molecule has 2 atom stereocenters. The van der Waals surface area contributed by atoms with Crippen LogP contribution in [0.1, 0.15) is 33.6 Å². The summed E-state index contributed by atoms with van der Waals surface area (Å²) in [5, 5.41) is 2.75. The zero-order valence-corrected chi connectivity index (χ0v) is 13.9. The summed E-state index contributed by atoms with van der Waals surface area (Å²) in [6.45, 7) is 6.02. The molecule has 124 valence electrons. The van der Waals surface area contributed by atoms with Crippen molar-refractivity contribution in [1.29, 1.82) is 0 Å². The highest BCUT2D eigenvalue weighted by Crippen LogP contribution is 2.15. The van der Waals surface area contributed by atoms with Crippen molar-refractivity contribution in [3.05, 3.63) is 0 Å². The van der Waals surface area contributed by atoms with Gasteiger partial charge >= 0.3 is 6.09 Å². The molecular formula is C13H25NO6S. The number of carbonyl (C=O) groups excluding carboxylic acids is 1. The number of ether oxygens (including phenoxy) is 3. The Bertz CT molecular complexity index is 434. The van der Waals surface area contributed by atoms with E-state index < -0.39 is 21.5 Å². The fourth-order valence-corrected chi connectivity index (χ4v) is 2.26. The van der Waals surface area contributed by atoms with Gasteiger partial charge in [-0.2, -0.15) is 0 Å². The van der Waals surface area contributed by atoms with E-state index in [4.69, 9.17) is 14.2 Å². The van der Waals surface area contributed by atoms with Crippen LogP contribution in [0.15, 0.2) is 0 Å². The molecule has 7 nitrogen and oxygen atoms in total. The fraction of sp³-hybridized carbons (Fsp3) is 0.923. The maximum absolute atomic E-state index is 11.6. The van der Waals surface area contributed by atoms with E-state index in [1.54, 1.807) is 20.8 Å². The number of hydrogen-bond donors (Lipinski definition) is 1. The number of nitrogens with one attached hydrogen (secondary N) is 1. The molecular weight excluding hydrogens is 298 g/mol. The molecule has 0 aromatic rings. The van der Waals surface area contributed by atoms with Crippen LogP contribution in [0.3, 0.4) is 0 Å². The summed E-state index contributed by atoms with van der Waals surface area (Å²) in [5.74, 6) is -0.299. The van der Waals surface area contributed by atoms with E-state index in [0.29, 0.717) is 13.0 Å². The van der Waals surface area contributed by atoms with Crippen molar-refractivity contribution in [3.8, 4) is 0 Å². The van der Waals surface area contributed by atoms with Crippen LogP contribution >= 0.6 is 0 Å². The molecule has 8 heteroatoms. The molecule has 0 unspecified atom stereocenters. The van der Waals surface area contributed by atoms with Crippen LogP contribution in [-0.4, -0.2) is 57.7 Å². The van der Waals surface area contributed by atoms with Crippen molar-refractivity contribution in [1.82, 2.24) is 5.32 Å². The van der Waals surface area contributed by atoms with Crippen LogP contribution in [0.2, 0.25) is 0 Å². The highest BCUT2D eigenvalue weighted by atomic mass is 32.2. The summed E-state index contributed by atoms with van der Waals surface area (Å²) in [4.78, 5) is 11.6. The van der Waals surface area contributed by atoms with Crippen molar-refractivity contribution < 1.29 is 27.4 Å². The van der Waals surface area contributed by atoms with E-state index in [1.807, 2.05) is 0 Å². The first kappa shape index (κ1) is 18.2. The molecule has 0 aromatic carbocycles. The Hall–Kier alpha value is -0.860. The van der Waals surface area contributed by atoms with Crippen LogP contribution < -0.4 is 5.32 Å². The van der Waals surface area contributed by atoms with E-state index >= 15 is 0 Å². The number of alkyl carbamates (subject to hydrolysis) is 1. The molecule has 0 aromatic heterocycles. The van der Waals surface area contributed by atoms with Gasteiger partial charge in [0.15, 0.2) is 9.84 Å². The molecule has 0 bridgehead atoms. The van der Waals surface area contributed by atoms with Gasteiger partial charge in [-0.3, -0.25) is 0 Å². The molecule has 1 aliphatic rings. The quantitative estimate of drug-likeness (QED) is 0.814. The standard InChI is InChI=1S/C13H25NO6S/c1-13(2,3)20-12(15)14-10-5-6-11(19-7-10)8-18-9-21(4,16)17/h10-11H,5-9H2,1-4H3,(H,14,15)/t10-,11+/m1/s1. The minimum absolute atomic E-state index is 0.0917. The SMILES string of the molecule is CC(C)(C)OC(=O)N[C@@H]1CC[C@@H](COCS(C)(=O)=O)OC1. The van der Waals surface area contributed by atoms with Gasteiger partial charge in [0.05, 0.1) is 25.4 Å². The lowest BCUT2D eigenvalue weighted by molar-refractivity contribution is -0.0459. The Labute approximate surface area is 126 Å². The molecule has 0 saturated carbocycles. The molecule has 0 radical (unpaired) electrons. The van der Waals surface area contributed by atoms with Crippen LogP contribution in [-0.2, 0) is 24.0 Å². The Morgan fingerprint density at radius 1 is 1.33 bits per heavy atom. The highest BCUT2D eigenvalue weighted by molar-refractivity contribution is 7.90. The zero-order valence-electron chi connectivity index (χ0n) is 13.0. The molecule has 1 saturated heterocycles. The van der Waals surface area contributed by atoms with Gasteiger partial charge in [-0.05, 0) is 33.6 Å². The summed E-state index contributed by atoms with van der Waals surface area (Å²) in [6.07, 6.45) is 1.97. The monoisotopic (exact) mass is 323 g/mol. The Kier molecular flexibility index (Phi) is 6.42. The topological polar surface area (TPSA) is 90.9 Å². The first-order valence-corrected chi connectivity index (χ1v) is 8.98. The van der Waals surface area contributed by atoms with E-state index in [0.717, 1.165) is 12.7 Å². The van der Waals surface area contributed by atoms with Crippen LogP contribution in [0.5, 0.6) is 0 Å². The number of rotatable bonds is 5. The molecule has 1 aliphatic heterocycles. The second kappa shape index (κ2) is 7.42. The lowest BCUT2D eigenvalue weighted by Gasteiger charge is -2.30. The third-order valence-electron chi connectivity index (χ3n) is 2.69. The first-order valence-electron chi connectivity index (χ1n) is 6.92. The van der Waals surface area contributed by atoms with E-state index in [1.165, 1.54) is 0 Å². The van der Waals surface area contributed by atoms with Crippen LogP contribution in [0, 0.1) is 0 Å². The minimum atomic E-state index is -3.12. The molecule has 1 N–H and O–H groups in total. The summed E-state index contributed by atoms with van der Waals surface area (Å²) >= 11 is 0. The third-order valence-corrected chi connectivity index (χ3v) is 3.29. The summed E-state index contributed by atoms with van der Waals surface area (Å²) in [6, 6.07) is -0.0917. The second-order valence-electron chi connectivity index (χ2n) is 6.29. The molecule has 0 aliphatic carbocycles. The first-order chi connectivity index (χ1) is 9.55. The van der Waals surface area contributed by atoms with Crippen molar-refractivity contribution in [2.45, 2.75) is 51.4 Å². The van der Waals surface area contributed by atoms with Crippen molar-refractivity contribution in [2.75, 3.05) is 25.4 Å². The Morgan fingerprint density at radius 3 is 2.48 bits per heavy atom. The summed E-state index contributed by atoms with van der Waals surface area (Å²) in [5.41, 5.74) is -0.526. The van der Waals surface area contributed by atoms with E-state index in [9.17, 15) is 13.2 Å². The number of amides is 1. The van der Waals surface area contributed by atoms with Gasteiger partial charge in [0, 0.05) is 6.26 Å². The predicted molar refractivity (Wildman–Crippen MR) is 77.8 cm³/mol. The van der Waals surface area contributed by atoms with E-state index in [-0.39, 0.29) is 24.7 Å². The molecule has 0 spiro atoms. The van der Waals surface area contributed by atoms with Crippen LogP contribution in [0.4, 0.5) is 4.79 Å². The second-order valence-corrected chi connectivity index (χ2v) is 8.38. The average molecular weight is 323 g/mol. The minimum Gasteiger partial charge on any atom is -0.444 e. The summed E-state index contributed by atoms with van der Waals surface area (Å²) in [7, 11) is -3.12. The molecule has 21 heavy (non-hydrogen) atoms. The largest absolute Gasteiger partial charge is 0.444 e. The molecule has 1 fully saturated rings. The lowest BCUT2D eigenvalue weighted by Crippen LogP contribution is -2.45. The van der Waals surface area contributed by atoms with Crippen molar-refractivity contribution >= 4 is 15.9 Å². The van der Waals surface area contributed by atoms with Gasteiger partial charge in [-0.1, -0.05) is 0 Å². The number of hydrogen-bond acceptors (Lipinski definition) is 6. The predicted octanol–water partition coefficient (Wildman–Crippen LogP) is 1.08. The fourth-order valence-electron chi connectivity index (χ4n) is 1.86. The van der Waals surface area contributed by atoms with Gasteiger partial charge in [-0.25, -0.2) is 13.2 Å². The lowest BCUT2D eigenvalue weighted by atomic mass is 10.1.